The van der Waals surface area contributed by atoms with Gasteiger partial charge >= 0.3 is 0 Å². The summed E-state index contributed by atoms with van der Waals surface area (Å²) < 4.78 is 23.2. The third kappa shape index (κ3) is 4.09. The predicted molar refractivity (Wildman–Crippen MR) is 99.4 cm³/mol. The number of carbonyl (C=O) groups excluding carboxylic acids is 2. The molecule has 2 unspecified atom stereocenters. The summed E-state index contributed by atoms with van der Waals surface area (Å²) in [5, 5.41) is 0. The molecule has 0 radical (unpaired) electrons. The maximum absolute atomic E-state index is 12.9. The smallest absolute Gasteiger partial charge is 0.230 e. The number of carbonyl (C=O) groups is 2. The Morgan fingerprint density at radius 3 is 2.23 bits per heavy atom. The summed E-state index contributed by atoms with van der Waals surface area (Å²) in [7, 11) is -3.06. The highest BCUT2D eigenvalue weighted by Crippen LogP contribution is 2.24. The summed E-state index contributed by atoms with van der Waals surface area (Å²) in [5.41, 5.74) is 1.02. The number of piperazine rings is 1. The molecule has 2 atom stereocenters. The molecule has 2 aliphatic rings. The van der Waals surface area contributed by atoms with Gasteiger partial charge in [-0.3, -0.25) is 9.59 Å². The molecule has 0 saturated carbocycles. The molecule has 26 heavy (non-hydrogen) atoms. The van der Waals surface area contributed by atoms with E-state index in [0.717, 1.165) is 12.0 Å². The molecule has 2 heterocycles. The van der Waals surface area contributed by atoms with Crippen molar-refractivity contribution in [2.45, 2.75) is 25.7 Å². The molecule has 0 bridgehead atoms. The lowest BCUT2D eigenvalue weighted by Crippen LogP contribution is -2.53. The number of amides is 2. The van der Waals surface area contributed by atoms with Gasteiger partial charge in [-0.25, -0.2) is 8.42 Å². The molecule has 0 aromatic heterocycles. The van der Waals surface area contributed by atoms with Crippen molar-refractivity contribution in [3.05, 3.63) is 35.9 Å². The van der Waals surface area contributed by atoms with Gasteiger partial charge in [-0.2, -0.15) is 0 Å². The van der Waals surface area contributed by atoms with E-state index in [2.05, 4.69) is 0 Å². The zero-order chi connectivity index (χ0) is 18.7. The van der Waals surface area contributed by atoms with Crippen molar-refractivity contribution in [2.24, 2.45) is 5.92 Å². The average Bonchev–Trinajstić information content (AvgIpc) is 3.02. The van der Waals surface area contributed by atoms with Crippen molar-refractivity contribution in [3.63, 3.8) is 0 Å². The van der Waals surface area contributed by atoms with Gasteiger partial charge in [0.25, 0.3) is 0 Å². The Kier molecular flexibility index (Phi) is 5.65. The first-order valence-corrected chi connectivity index (χ1v) is 11.1. The van der Waals surface area contributed by atoms with E-state index in [-0.39, 0.29) is 29.2 Å². The maximum atomic E-state index is 12.9. The molecular formula is C19H26N2O4S. The third-order valence-corrected chi connectivity index (χ3v) is 7.16. The lowest BCUT2D eigenvalue weighted by Gasteiger charge is -2.37. The van der Waals surface area contributed by atoms with Crippen LogP contribution in [0.1, 0.15) is 31.2 Å². The topological polar surface area (TPSA) is 74.8 Å². The molecule has 142 valence electrons. The molecule has 3 rings (SSSR count). The molecule has 2 amide bonds. The minimum Gasteiger partial charge on any atom is -0.339 e. The lowest BCUT2D eigenvalue weighted by molar-refractivity contribution is -0.142. The molecule has 0 N–H and O–H groups in total. The predicted octanol–water partition coefficient (Wildman–Crippen LogP) is 1.29. The van der Waals surface area contributed by atoms with Crippen LogP contribution in [0, 0.1) is 5.92 Å². The van der Waals surface area contributed by atoms with Crippen molar-refractivity contribution in [1.82, 2.24) is 9.80 Å². The van der Waals surface area contributed by atoms with Crippen molar-refractivity contribution < 1.29 is 18.0 Å². The van der Waals surface area contributed by atoms with Crippen LogP contribution in [0.25, 0.3) is 0 Å². The Morgan fingerprint density at radius 2 is 1.69 bits per heavy atom. The Hall–Kier alpha value is -1.89. The Balaban J connectivity index is 1.58. The summed E-state index contributed by atoms with van der Waals surface area (Å²) in [4.78, 5) is 29.0. The molecule has 7 heteroatoms. The zero-order valence-corrected chi connectivity index (χ0v) is 16.0. The molecule has 2 aliphatic heterocycles. The van der Waals surface area contributed by atoms with Gasteiger partial charge in [-0.05, 0) is 18.4 Å². The van der Waals surface area contributed by atoms with Crippen LogP contribution in [0.15, 0.2) is 30.3 Å². The first kappa shape index (κ1) is 18.9. The van der Waals surface area contributed by atoms with Gasteiger partial charge in [0, 0.05) is 26.2 Å². The molecule has 2 fully saturated rings. The highest BCUT2D eigenvalue weighted by molar-refractivity contribution is 7.91. The van der Waals surface area contributed by atoms with Crippen LogP contribution in [0.3, 0.4) is 0 Å². The fourth-order valence-electron chi connectivity index (χ4n) is 3.85. The highest BCUT2D eigenvalue weighted by atomic mass is 32.2. The van der Waals surface area contributed by atoms with Gasteiger partial charge in [0.05, 0.1) is 23.3 Å². The van der Waals surface area contributed by atoms with E-state index in [1.54, 1.807) is 4.90 Å². The van der Waals surface area contributed by atoms with E-state index in [4.69, 9.17) is 0 Å². The van der Waals surface area contributed by atoms with Gasteiger partial charge in [0.1, 0.15) is 0 Å². The average molecular weight is 378 g/mol. The highest BCUT2D eigenvalue weighted by Gasteiger charge is 2.37. The second-order valence-corrected chi connectivity index (χ2v) is 9.35. The molecule has 2 saturated heterocycles. The summed E-state index contributed by atoms with van der Waals surface area (Å²) in [6.07, 6.45) is 1.16. The van der Waals surface area contributed by atoms with Gasteiger partial charge < -0.3 is 9.80 Å². The Morgan fingerprint density at radius 1 is 1.08 bits per heavy atom. The molecule has 6 nitrogen and oxygen atoms in total. The molecule has 0 aliphatic carbocycles. The van der Waals surface area contributed by atoms with Gasteiger partial charge in [-0.1, -0.05) is 37.3 Å². The fraction of sp³-hybridized carbons (Fsp3) is 0.579. The Bertz CT molecular complexity index is 755. The van der Waals surface area contributed by atoms with Crippen LogP contribution in [-0.4, -0.2) is 67.7 Å². The van der Waals surface area contributed by atoms with Crippen LogP contribution in [0.4, 0.5) is 0 Å². The van der Waals surface area contributed by atoms with Gasteiger partial charge in [0.2, 0.25) is 11.8 Å². The fourth-order valence-corrected chi connectivity index (χ4v) is 5.59. The summed E-state index contributed by atoms with van der Waals surface area (Å²) in [5.74, 6) is -0.454. The van der Waals surface area contributed by atoms with Crippen LogP contribution in [0.5, 0.6) is 0 Å². The van der Waals surface area contributed by atoms with E-state index in [0.29, 0.717) is 32.6 Å². The summed E-state index contributed by atoms with van der Waals surface area (Å²) in [6.45, 7) is 3.98. The van der Waals surface area contributed by atoms with Crippen LogP contribution >= 0.6 is 0 Å². The van der Waals surface area contributed by atoms with Crippen molar-refractivity contribution in [3.8, 4) is 0 Å². The quantitative estimate of drug-likeness (QED) is 0.791. The van der Waals surface area contributed by atoms with E-state index in [9.17, 15) is 18.0 Å². The SMILES string of the molecule is CCC(C(=O)N1CCN(C(=O)C2CCS(=O)(=O)C2)CC1)c1ccccc1. The van der Waals surface area contributed by atoms with E-state index < -0.39 is 15.8 Å². The van der Waals surface area contributed by atoms with Crippen molar-refractivity contribution in [1.29, 1.82) is 0 Å². The number of hydrogen-bond donors (Lipinski definition) is 0. The van der Waals surface area contributed by atoms with Gasteiger partial charge in [0.15, 0.2) is 9.84 Å². The minimum absolute atomic E-state index is 0.0309. The number of benzene rings is 1. The number of nitrogens with zero attached hydrogens (tertiary/aromatic N) is 2. The standard InChI is InChI=1S/C19H26N2O4S/c1-2-17(15-6-4-3-5-7-15)19(23)21-11-9-20(10-12-21)18(22)16-8-13-26(24,25)14-16/h3-7,16-17H,2,8-14H2,1H3. The number of rotatable bonds is 4. The summed E-state index contributed by atoms with van der Waals surface area (Å²) in [6, 6.07) is 9.78. The normalized spacial score (nSPS) is 23.7. The van der Waals surface area contributed by atoms with E-state index in [1.807, 2.05) is 42.2 Å². The zero-order valence-electron chi connectivity index (χ0n) is 15.1. The Labute approximate surface area is 155 Å². The van der Waals surface area contributed by atoms with Crippen LogP contribution in [0.2, 0.25) is 0 Å². The lowest BCUT2D eigenvalue weighted by atomic mass is 9.94. The molecule has 0 spiro atoms. The number of hydrogen-bond acceptors (Lipinski definition) is 4. The van der Waals surface area contributed by atoms with Crippen LogP contribution in [-0.2, 0) is 19.4 Å². The first-order valence-electron chi connectivity index (χ1n) is 9.24. The van der Waals surface area contributed by atoms with Crippen molar-refractivity contribution in [2.75, 3.05) is 37.7 Å². The monoisotopic (exact) mass is 378 g/mol. The summed E-state index contributed by atoms with van der Waals surface area (Å²) >= 11 is 0. The number of sulfone groups is 1. The molecular weight excluding hydrogens is 352 g/mol. The maximum Gasteiger partial charge on any atom is 0.230 e. The van der Waals surface area contributed by atoms with E-state index in [1.165, 1.54) is 0 Å². The largest absolute Gasteiger partial charge is 0.339 e. The van der Waals surface area contributed by atoms with Gasteiger partial charge in [-0.15, -0.1) is 0 Å². The molecule has 1 aromatic rings. The molecule has 1 aromatic carbocycles. The third-order valence-electron chi connectivity index (χ3n) is 5.39. The van der Waals surface area contributed by atoms with E-state index >= 15 is 0 Å². The minimum atomic E-state index is -3.06. The van der Waals surface area contributed by atoms with Crippen molar-refractivity contribution >= 4 is 21.7 Å². The first-order chi connectivity index (χ1) is 12.4. The second-order valence-electron chi connectivity index (χ2n) is 7.12. The second kappa shape index (κ2) is 7.78. The van der Waals surface area contributed by atoms with Crippen LogP contribution < -0.4 is 0 Å².